The van der Waals surface area contributed by atoms with Crippen LogP contribution in [0.4, 0.5) is 29.3 Å². The van der Waals surface area contributed by atoms with Gasteiger partial charge in [-0.15, -0.1) is 0 Å². The molecule has 0 radical (unpaired) electrons. The normalized spacial score (nSPS) is 13.7. The molecule has 19 heteroatoms. The van der Waals surface area contributed by atoms with Gasteiger partial charge in [-0.25, -0.2) is 19.4 Å². The van der Waals surface area contributed by atoms with Crippen molar-refractivity contribution in [2.45, 2.75) is 32.5 Å². The predicted molar refractivity (Wildman–Crippen MR) is 168 cm³/mol. The highest BCUT2D eigenvalue weighted by Crippen LogP contribution is 2.37. The number of aromatic nitrogens is 5. The molecule has 0 spiro atoms. The number of rotatable bonds is 6. The van der Waals surface area contributed by atoms with Gasteiger partial charge < -0.3 is 24.4 Å². The molecule has 258 valence electrons. The molecular weight excluding hydrogens is 675 g/mol. The number of nitrogens with one attached hydrogen (secondary N) is 1. The molecule has 1 aliphatic heterocycles. The molecule has 1 saturated heterocycles. The van der Waals surface area contributed by atoms with E-state index in [1.165, 1.54) is 30.1 Å². The maximum Gasteiger partial charge on any atom is 0.435 e. The Morgan fingerprint density at radius 3 is 2.24 bits per heavy atom. The standard InChI is InChI=1S/C30H29ClF3N9O6/c1-29(2,3)49-28(46)41-11-9-40(10-12-41)27(45)19-7-5-17(13-21(19)31)37-26(44)25-36-15-22(39(25)4)20-16-42(38-24(20)30(32,33)34)23-8-6-18(14-35-23)43(47)48/h5-8,13-16H,9-12H2,1-4H3,(H,37,44). The van der Waals surface area contributed by atoms with Crippen LogP contribution in [0.25, 0.3) is 17.1 Å². The van der Waals surface area contributed by atoms with Gasteiger partial charge in [-0.1, -0.05) is 11.6 Å². The third-order valence-electron chi connectivity index (χ3n) is 7.30. The van der Waals surface area contributed by atoms with Crippen LogP contribution in [0.3, 0.4) is 0 Å². The molecule has 4 aromatic rings. The van der Waals surface area contributed by atoms with E-state index in [1.54, 1.807) is 25.7 Å². The van der Waals surface area contributed by atoms with Gasteiger partial charge in [0.1, 0.15) is 11.8 Å². The summed E-state index contributed by atoms with van der Waals surface area (Å²) in [5, 5.41) is 17.2. The van der Waals surface area contributed by atoms with Crippen molar-refractivity contribution in [2.75, 3.05) is 31.5 Å². The summed E-state index contributed by atoms with van der Waals surface area (Å²) in [5.41, 5.74) is -2.45. The first-order chi connectivity index (χ1) is 22.9. The summed E-state index contributed by atoms with van der Waals surface area (Å²) in [7, 11) is 1.34. The van der Waals surface area contributed by atoms with Gasteiger partial charge in [0.15, 0.2) is 17.3 Å². The lowest BCUT2D eigenvalue weighted by atomic mass is 10.1. The van der Waals surface area contributed by atoms with Gasteiger partial charge >= 0.3 is 12.3 Å². The highest BCUT2D eigenvalue weighted by atomic mass is 35.5. The minimum absolute atomic E-state index is 0.0417. The molecule has 3 aromatic heterocycles. The van der Waals surface area contributed by atoms with Crippen LogP contribution in [0.5, 0.6) is 0 Å². The number of pyridine rings is 1. The lowest BCUT2D eigenvalue weighted by molar-refractivity contribution is -0.385. The molecule has 0 bridgehead atoms. The van der Waals surface area contributed by atoms with Crippen LogP contribution >= 0.6 is 11.6 Å². The number of nitrogens with zero attached hydrogens (tertiary/aromatic N) is 8. The van der Waals surface area contributed by atoms with Crippen LogP contribution in [0.1, 0.15) is 47.4 Å². The molecule has 0 aliphatic carbocycles. The minimum atomic E-state index is -4.91. The number of imidazole rings is 1. The van der Waals surface area contributed by atoms with E-state index in [0.717, 1.165) is 40.0 Å². The number of nitro groups is 1. The third kappa shape index (κ3) is 7.64. The van der Waals surface area contributed by atoms with E-state index in [9.17, 15) is 37.7 Å². The van der Waals surface area contributed by atoms with Crippen molar-refractivity contribution in [3.05, 3.63) is 81.1 Å². The van der Waals surface area contributed by atoms with E-state index in [0.29, 0.717) is 0 Å². The van der Waals surface area contributed by atoms with Gasteiger partial charge in [0.2, 0.25) is 0 Å². The highest BCUT2D eigenvalue weighted by molar-refractivity contribution is 6.34. The van der Waals surface area contributed by atoms with Gasteiger partial charge in [0, 0.05) is 51.2 Å². The fraction of sp³-hybridized carbons (Fsp3) is 0.333. The van der Waals surface area contributed by atoms with Gasteiger partial charge in [-0.3, -0.25) is 19.7 Å². The van der Waals surface area contributed by atoms with Crippen molar-refractivity contribution in [1.82, 2.24) is 34.1 Å². The van der Waals surface area contributed by atoms with Gasteiger partial charge in [0.05, 0.1) is 33.0 Å². The predicted octanol–water partition coefficient (Wildman–Crippen LogP) is 5.19. The van der Waals surface area contributed by atoms with E-state index in [-0.39, 0.29) is 71.4 Å². The summed E-state index contributed by atoms with van der Waals surface area (Å²) >= 11 is 6.42. The van der Waals surface area contributed by atoms with Crippen molar-refractivity contribution < 1.29 is 37.2 Å². The van der Waals surface area contributed by atoms with Crippen LogP contribution < -0.4 is 5.32 Å². The summed E-state index contributed by atoms with van der Waals surface area (Å²) in [4.78, 5) is 59.8. The first kappa shape index (κ1) is 34.8. The van der Waals surface area contributed by atoms with E-state index in [2.05, 4.69) is 20.4 Å². The number of carbonyl (C=O) groups is 3. The lowest BCUT2D eigenvalue weighted by Gasteiger charge is -2.35. The Bertz CT molecular complexity index is 1930. The molecule has 1 fully saturated rings. The maximum atomic E-state index is 14.0. The fourth-order valence-electron chi connectivity index (χ4n) is 4.92. The number of halogens is 4. The molecule has 3 amide bonds. The number of carbonyl (C=O) groups excluding carboxylic acids is 3. The zero-order chi connectivity index (χ0) is 35.8. The Balaban J connectivity index is 1.29. The molecule has 0 atom stereocenters. The largest absolute Gasteiger partial charge is 0.444 e. The maximum absolute atomic E-state index is 14.0. The average molecular weight is 704 g/mol. The second kappa shape index (κ2) is 13.2. The molecule has 5 rings (SSSR count). The zero-order valence-electron chi connectivity index (χ0n) is 26.5. The van der Waals surface area contributed by atoms with Gasteiger partial charge in [0.25, 0.3) is 17.5 Å². The van der Waals surface area contributed by atoms with E-state index < -0.39 is 40.0 Å². The summed E-state index contributed by atoms with van der Waals surface area (Å²) < 4.78 is 49.4. The lowest BCUT2D eigenvalue weighted by Crippen LogP contribution is -2.51. The first-order valence-electron chi connectivity index (χ1n) is 14.6. The first-order valence-corrected chi connectivity index (χ1v) is 15.0. The Labute approximate surface area is 281 Å². The van der Waals surface area contributed by atoms with Crippen LogP contribution in [0.15, 0.2) is 48.9 Å². The molecule has 1 aromatic carbocycles. The average Bonchev–Trinajstić information content (AvgIpc) is 3.64. The van der Waals surface area contributed by atoms with Crippen molar-refractivity contribution in [2.24, 2.45) is 7.05 Å². The molecule has 1 aliphatic rings. The number of piperazine rings is 1. The third-order valence-corrected chi connectivity index (χ3v) is 7.62. The summed E-state index contributed by atoms with van der Waals surface area (Å²) in [6.45, 7) is 6.36. The summed E-state index contributed by atoms with van der Waals surface area (Å²) in [5.74, 6) is -1.50. The summed E-state index contributed by atoms with van der Waals surface area (Å²) in [6, 6.07) is 6.46. The van der Waals surface area contributed by atoms with Crippen LogP contribution in [-0.4, -0.2) is 88.7 Å². The van der Waals surface area contributed by atoms with Crippen LogP contribution in [-0.2, 0) is 18.0 Å². The molecule has 0 unspecified atom stereocenters. The summed E-state index contributed by atoms with van der Waals surface area (Å²) in [6.07, 6.45) is -2.38. The minimum Gasteiger partial charge on any atom is -0.444 e. The Morgan fingerprint density at radius 2 is 1.67 bits per heavy atom. The second-order valence-corrected chi connectivity index (χ2v) is 12.3. The van der Waals surface area contributed by atoms with Crippen LogP contribution in [0.2, 0.25) is 5.02 Å². The van der Waals surface area contributed by atoms with Crippen LogP contribution in [0, 0.1) is 10.1 Å². The van der Waals surface area contributed by atoms with Gasteiger partial charge in [-0.2, -0.15) is 18.3 Å². The Kier molecular flexibility index (Phi) is 9.36. The topological polar surface area (TPSA) is 171 Å². The number of alkyl halides is 3. The quantitative estimate of drug-likeness (QED) is 0.210. The fourth-order valence-corrected chi connectivity index (χ4v) is 5.18. The SMILES string of the molecule is Cn1c(-c2cn(-c3ccc([N+](=O)[O-])cn3)nc2C(F)(F)F)cnc1C(=O)Nc1ccc(C(=O)N2CCN(C(=O)OC(C)(C)C)CC2)c(Cl)c1. The molecule has 4 heterocycles. The van der Waals surface area contributed by atoms with E-state index in [1.807, 2.05) is 0 Å². The number of ether oxygens (including phenoxy) is 1. The number of benzene rings is 1. The zero-order valence-corrected chi connectivity index (χ0v) is 27.2. The van der Waals surface area contributed by atoms with Crippen molar-refractivity contribution >= 4 is 40.9 Å². The van der Waals surface area contributed by atoms with E-state index in [4.69, 9.17) is 16.3 Å². The van der Waals surface area contributed by atoms with Crippen molar-refractivity contribution in [3.8, 4) is 17.1 Å². The number of hydrogen-bond donors (Lipinski definition) is 1. The number of anilines is 1. The number of hydrogen-bond acceptors (Lipinski definition) is 9. The Morgan fingerprint density at radius 1 is 1.00 bits per heavy atom. The highest BCUT2D eigenvalue weighted by Gasteiger charge is 2.39. The smallest absolute Gasteiger partial charge is 0.435 e. The monoisotopic (exact) mass is 703 g/mol. The molecule has 15 nitrogen and oxygen atoms in total. The molecule has 1 N–H and O–H groups in total. The van der Waals surface area contributed by atoms with E-state index >= 15 is 0 Å². The second-order valence-electron chi connectivity index (χ2n) is 11.9. The number of amides is 3. The van der Waals surface area contributed by atoms with Crippen molar-refractivity contribution in [1.29, 1.82) is 0 Å². The molecular formula is C30H29ClF3N9O6. The molecule has 49 heavy (non-hydrogen) atoms. The van der Waals surface area contributed by atoms with Gasteiger partial charge in [-0.05, 0) is 45.0 Å². The van der Waals surface area contributed by atoms with Crippen molar-refractivity contribution in [3.63, 3.8) is 0 Å². The molecule has 0 saturated carbocycles. The Hall–Kier alpha value is -5.52.